The Morgan fingerprint density at radius 2 is 1.81 bits per heavy atom. The second-order valence-corrected chi connectivity index (χ2v) is 8.59. The number of hydrogen-bond donors (Lipinski definition) is 1. The molecule has 0 spiro atoms. The third-order valence-corrected chi connectivity index (χ3v) is 6.61. The molecule has 0 unspecified atom stereocenters. The SMILES string of the molecule is S=C1N[C@H](c2ccccn2)[C@@H](c2ccc(-c3cccc(Cl)c3Cl)o2)N1Cc1ccncc1. The minimum Gasteiger partial charge on any atom is -0.459 e. The lowest BCUT2D eigenvalue weighted by Gasteiger charge is -2.26. The van der Waals surface area contributed by atoms with E-state index in [1.807, 2.05) is 54.6 Å². The number of nitrogens with one attached hydrogen (secondary N) is 1. The average molecular weight is 481 g/mol. The fraction of sp³-hybridized carbons (Fsp3) is 0.125. The summed E-state index contributed by atoms with van der Waals surface area (Å²) in [5, 5.41) is 5.02. The first-order valence-corrected chi connectivity index (χ1v) is 11.2. The van der Waals surface area contributed by atoms with Gasteiger partial charge in [0.1, 0.15) is 17.6 Å². The molecule has 1 aliphatic heterocycles. The van der Waals surface area contributed by atoms with E-state index in [1.54, 1.807) is 24.7 Å². The van der Waals surface area contributed by atoms with E-state index in [9.17, 15) is 0 Å². The van der Waals surface area contributed by atoms with Crippen LogP contribution < -0.4 is 5.32 Å². The number of benzene rings is 1. The van der Waals surface area contributed by atoms with E-state index in [0.29, 0.717) is 27.5 Å². The highest BCUT2D eigenvalue weighted by Gasteiger charge is 2.41. The summed E-state index contributed by atoms with van der Waals surface area (Å²) < 4.78 is 6.33. The van der Waals surface area contributed by atoms with Crippen LogP contribution in [0.5, 0.6) is 0 Å². The summed E-state index contributed by atoms with van der Waals surface area (Å²) in [7, 11) is 0. The molecule has 4 aromatic rings. The Morgan fingerprint density at radius 1 is 0.969 bits per heavy atom. The molecule has 1 fully saturated rings. The third-order valence-electron chi connectivity index (χ3n) is 5.44. The number of pyridine rings is 2. The van der Waals surface area contributed by atoms with Crippen molar-refractivity contribution in [2.75, 3.05) is 0 Å². The van der Waals surface area contributed by atoms with Crippen molar-refractivity contribution >= 4 is 40.5 Å². The van der Waals surface area contributed by atoms with Gasteiger partial charge in [-0.3, -0.25) is 9.97 Å². The van der Waals surface area contributed by atoms with E-state index in [1.165, 1.54) is 0 Å². The largest absolute Gasteiger partial charge is 0.459 e. The predicted molar refractivity (Wildman–Crippen MR) is 129 cm³/mol. The molecule has 8 heteroatoms. The Bertz CT molecular complexity index is 1250. The van der Waals surface area contributed by atoms with Crippen LogP contribution in [-0.2, 0) is 6.54 Å². The lowest BCUT2D eigenvalue weighted by molar-refractivity contribution is 0.269. The number of thiocarbonyl (C=S) groups is 1. The van der Waals surface area contributed by atoms with Crippen LogP contribution in [0.4, 0.5) is 0 Å². The maximum Gasteiger partial charge on any atom is 0.170 e. The van der Waals surface area contributed by atoms with Gasteiger partial charge in [0.15, 0.2) is 5.11 Å². The Morgan fingerprint density at radius 3 is 2.59 bits per heavy atom. The van der Waals surface area contributed by atoms with Crippen LogP contribution in [-0.4, -0.2) is 20.0 Å². The number of aromatic nitrogens is 2. The van der Waals surface area contributed by atoms with Crippen LogP contribution in [0.3, 0.4) is 0 Å². The normalized spacial score (nSPS) is 18.1. The summed E-state index contributed by atoms with van der Waals surface area (Å²) in [5.41, 5.74) is 2.73. The van der Waals surface area contributed by atoms with E-state index in [0.717, 1.165) is 22.6 Å². The number of rotatable bonds is 5. The summed E-state index contributed by atoms with van der Waals surface area (Å²) in [6.45, 7) is 0.607. The molecule has 5 nitrogen and oxygen atoms in total. The summed E-state index contributed by atoms with van der Waals surface area (Å²) >= 11 is 18.4. The average Bonchev–Trinajstić information content (AvgIpc) is 3.42. The molecular weight excluding hydrogens is 463 g/mol. The predicted octanol–water partition coefficient (Wildman–Crippen LogP) is 6.22. The zero-order valence-electron chi connectivity index (χ0n) is 16.8. The Balaban J connectivity index is 1.56. The zero-order chi connectivity index (χ0) is 22.1. The van der Waals surface area contributed by atoms with E-state index in [4.69, 9.17) is 39.8 Å². The second kappa shape index (κ2) is 8.90. The first-order valence-electron chi connectivity index (χ1n) is 10.0. The number of nitrogens with zero attached hydrogens (tertiary/aromatic N) is 3. The van der Waals surface area contributed by atoms with E-state index in [-0.39, 0.29) is 12.1 Å². The molecule has 0 saturated carbocycles. The molecule has 0 amide bonds. The summed E-state index contributed by atoms with van der Waals surface area (Å²) in [6, 6.07) is 18.8. The van der Waals surface area contributed by atoms with Crippen LogP contribution in [0.25, 0.3) is 11.3 Å². The third kappa shape index (κ3) is 3.97. The maximum atomic E-state index is 6.43. The standard InChI is InChI=1S/C24H18Cl2N4OS/c25-17-5-3-4-16(21(17)26)19-7-8-20(31-19)23-22(18-6-1-2-11-28-18)29-24(32)30(23)14-15-9-12-27-13-10-15/h1-13,22-23H,14H2,(H,29,32)/t22-,23-/m1/s1. The molecule has 1 saturated heterocycles. The van der Waals surface area contributed by atoms with Crippen LogP contribution in [0, 0.1) is 0 Å². The highest BCUT2D eigenvalue weighted by atomic mass is 35.5. The Labute approximate surface area is 201 Å². The van der Waals surface area contributed by atoms with Gasteiger partial charge in [-0.15, -0.1) is 0 Å². The van der Waals surface area contributed by atoms with Gasteiger partial charge in [-0.2, -0.15) is 0 Å². The molecule has 2 atom stereocenters. The van der Waals surface area contributed by atoms with Gasteiger partial charge in [-0.05, 0) is 66.3 Å². The minimum absolute atomic E-state index is 0.167. The van der Waals surface area contributed by atoms with Crippen molar-refractivity contribution < 1.29 is 4.42 Å². The molecule has 3 aromatic heterocycles. The second-order valence-electron chi connectivity index (χ2n) is 7.41. The van der Waals surface area contributed by atoms with Gasteiger partial charge in [0.2, 0.25) is 0 Å². The van der Waals surface area contributed by atoms with Gasteiger partial charge >= 0.3 is 0 Å². The quantitative estimate of drug-likeness (QED) is 0.342. The van der Waals surface area contributed by atoms with Gasteiger partial charge in [0.25, 0.3) is 0 Å². The molecule has 1 aromatic carbocycles. The van der Waals surface area contributed by atoms with Crippen molar-refractivity contribution in [1.82, 2.24) is 20.2 Å². The summed E-state index contributed by atoms with van der Waals surface area (Å²) in [4.78, 5) is 10.8. The van der Waals surface area contributed by atoms with Crippen molar-refractivity contribution in [2.24, 2.45) is 0 Å². The monoisotopic (exact) mass is 480 g/mol. The number of hydrogen-bond acceptors (Lipinski definition) is 4. The van der Waals surface area contributed by atoms with Gasteiger partial charge < -0.3 is 14.6 Å². The lowest BCUT2D eigenvalue weighted by atomic mass is 10.0. The van der Waals surface area contributed by atoms with Crippen LogP contribution in [0.15, 0.2) is 83.7 Å². The molecular formula is C24H18Cl2N4OS. The van der Waals surface area contributed by atoms with Gasteiger partial charge in [0.05, 0.1) is 21.8 Å². The maximum absolute atomic E-state index is 6.43. The van der Waals surface area contributed by atoms with E-state index >= 15 is 0 Å². The molecule has 4 heterocycles. The fourth-order valence-electron chi connectivity index (χ4n) is 3.92. The topological polar surface area (TPSA) is 54.2 Å². The highest BCUT2D eigenvalue weighted by molar-refractivity contribution is 7.80. The smallest absolute Gasteiger partial charge is 0.170 e. The molecule has 0 bridgehead atoms. The highest BCUT2D eigenvalue weighted by Crippen LogP contribution is 2.42. The van der Waals surface area contributed by atoms with Gasteiger partial charge in [-0.25, -0.2) is 0 Å². The first kappa shape index (κ1) is 20.9. The van der Waals surface area contributed by atoms with Crippen molar-refractivity contribution in [1.29, 1.82) is 0 Å². The van der Waals surface area contributed by atoms with Crippen LogP contribution in [0.1, 0.15) is 29.1 Å². The molecule has 0 radical (unpaired) electrons. The van der Waals surface area contributed by atoms with Crippen LogP contribution >= 0.6 is 35.4 Å². The Kier molecular flexibility index (Phi) is 5.83. The molecule has 160 valence electrons. The van der Waals surface area contributed by atoms with Crippen molar-refractivity contribution in [2.45, 2.75) is 18.6 Å². The number of halogens is 2. The first-order chi connectivity index (χ1) is 15.6. The summed E-state index contributed by atoms with van der Waals surface area (Å²) in [5.74, 6) is 1.40. The lowest BCUT2D eigenvalue weighted by Crippen LogP contribution is -2.29. The molecule has 1 aliphatic rings. The van der Waals surface area contributed by atoms with Crippen LogP contribution in [0.2, 0.25) is 10.0 Å². The van der Waals surface area contributed by atoms with Gasteiger partial charge in [-0.1, -0.05) is 35.3 Å². The zero-order valence-corrected chi connectivity index (χ0v) is 19.1. The Hall–Kier alpha value is -2.93. The molecule has 5 rings (SSSR count). The van der Waals surface area contributed by atoms with Gasteiger partial charge in [0, 0.05) is 30.7 Å². The number of furan rings is 1. The fourth-order valence-corrected chi connectivity index (χ4v) is 4.62. The van der Waals surface area contributed by atoms with E-state index in [2.05, 4.69) is 20.2 Å². The van der Waals surface area contributed by atoms with Crippen molar-refractivity contribution in [3.05, 3.63) is 106 Å². The van der Waals surface area contributed by atoms with Crippen molar-refractivity contribution in [3.8, 4) is 11.3 Å². The molecule has 0 aliphatic carbocycles. The molecule has 32 heavy (non-hydrogen) atoms. The molecule has 1 N–H and O–H groups in total. The van der Waals surface area contributed by atoms with E-state index < -0.39 is 0 Å². The minimum atomic E-state index is -0.197. The summed E-state index contributed by atoms with van der Waals surface area (Å²) in [6.07, 6.45) is 5.33. The van der Waals surface area contributed by atoms with Crippen molar-refractivity contribution in [3.63, 3.8) is 0 Å².